The molecule has 0 radical (unpaired) electrons. The number of nitrogens with two attached hydrogens (primary N) is 2. The molecule has 0 aliphatic heterocycles. The predicted octanol–water partition coefficient (Wildman–Crippen LogP) is 2.12. The highest BCUT2D eigenvalue weighted by atomic mass is 19.3. The topological polar surface area (TPSA) is 72.3 Å². The van der Waals surface area contributed by atoms with Gasteiger partial charge in [0.05, 0.1) is 6.04 Å². The third-order valence-corrected chi connectivity index (χ3v) is 3.91. The molecule has 0 aliphatic carbocycles. The highest BCUT2D eigenvalue weighted by Crippen LogP contribution is 2.27. The Morgan fingerprint density at radius 2 is 1.26 bits per heavy atom. The van der Waals surface area contributed by atoms with Gasteiger partial charge in [-0.3, -0.25) is 0 Å². The van der Waals surface area contributed by atoms with Crippen molar-refractivity contribution in [1.29, 1.82) is 0 Å². The van der Waals surface area contributed by atoms with Crippen molar-refractivity contribution >= 4 is 0 Å². The summed E-state index contributed by atoms with van der Waals surface area (Å²) in [5, 5.41) is 10.0. The average molecular weight is 320 g/mol. The summed E-state index contributed by atoms with van der Waals surface area (Å²) in [6.45, 7) is 0. The monoisotopic (exact) mass is 320 g/mol. The summed E-state index contributed by atoms with van der Waals surface area (Å²) in [5.41, 5.74) is 12.9. The summed E-state index contributed by atoms with van der Waals surface area (Å²) in [7, 11) is 0. The fraction of sp³-hybridized carbons (Fsp3) is 0.333. The molecular formula is C18H22F2N2O. The van der Waals surface area contributed by atoms with E-state index < -0.39 is 24.1 Å². The van der Waals surface area contributed by atoms with Crippen LogP contribution in [-0.4, -0.2) is 29.2 Å². The van der Waals surface area contributed by atoms with Gasteiger partial charge in [-0.15, -0.1) is 0 Å². The van der Waals surface area contributed by atoms with Crippen LogP contribution in [0.4, 0.5) is 8.78 Å². The van der Waals surface area contributed by atoms with Gasteiger partial charge in [-0.1, -0.05) is 60.7 Å². The Bertz CT molecular complexity index is 592. The van der Waals surface area contributed by atoms with Gasteiger partial charge in [0.25, 0.3) is 5.92 Å². The largest absolute Gasteiger partial charge is 0.385 e. The lowest BCUT2D eigenvalue weighted by atomic mass is 9.91. The van der Waals surface area contributed by atoms with Crippen molar-refractivity contribution in [3.63, 3.8) is 0 Å². The van der Waals surface area contributed by atoms with E-state index in [-0.39, 0.29) is 12.8 Å². The van der Waals surface area contributed by atoms with Crippen LogP contribution in [0.2, 0.25) is 0 Å². The van der Waals surface area contributed by atoms with Crippen molar-refractivity contribution in [2.45, 2.75) is 37.0 Å². The summed E-state index contributed by atoms with van der Waals surface area (Å²) < 4.78 is 28.8. The molecule has 2 aromatic rings. The van der Waals surface area contributed by atoms with Gasteiger partial charge >= 0.3 is 0 Å². The van der Waals surface area contributed by atoms with E-state index in [0.29, 0.717) is 5.56 Å². The van der Waals surface area contributed by atoms with E-state index in [9.17, 15) is 13.9 Å². The molecule has 0 amide bonds. The van der Waals surface area contributed by atoms with Crippen LogP contribution in [0, 0.1) is 0 Å². The molecule has 0 heterocycles. The molecule has 0 aliphatic rings. The molecule has 0 saturated heterocycles. The van der Waals surface area contributed by atoms with E-state index in [2.05, 4.69) is 0 Å². The Balaban J connectivity index is 2.01. The van der Waals surface area contributed by atoms with Crippen molar-refractivity contribution in [2.24, 2.45) is 11.5 Å². The number of halogens is 2. The van der Waals surface area contributed by atoms with Crippen molar-refractivity contribution in [1.82, 2.24) is 0 Å². The number of rotatable bonds is 7. The molecule has 5 N–H and O–H groups in total. The minimum atomic E-state index is -3.47. The maximum atomic E-state index is 14.4. The van der Waals surface area contributed by atoms with Crippen molar-refractivity contribution in [2.75, 3.05) is 0 Å². The second-order valence-corrected chi connectivity index (χ2v) is 5.77. The normalized spacial score (nSPS) is 15.9. The van der Waals surface area contributed by atoms with E-state index in [4.69, 9.17) is 11.5 Å². The molecule has 0 saturated carbocycles. The second-order valence-electron chi connectivity index (χ2n) is 5.77. The summed E-state index contributed by atoms with van der Waals surface area (Å²) in [6, 6.07) is 15.2. The molecule has 2 rings (SSSR count). The first-order valence-corrected chi connectivity index (χ1v) is 7.56. The fourth-order valence-electron chi connectivity index (χ4n) is 2.51. The lowest BCUT2D eigenvalue weighted by Crippen LogP contribution is -2.57. The first kappa shape index (κ1) is 17.5. The van der Waals surface area contributed by atoms with Gasteiger partial charge in [0.2, 0.25) is 0 Å². The zero-order valence-corrected chi connectivity index (χ0v) is 12.8. The minimum Gasteiger partial charge on any atom is -0.385 e. The van der Waals surface area contributed by atoms with Crippen LogP contribution in [0.25, 0.3) is 0 Å². The summed E-state index contributed by atoms with van der Waals surface area (Å²) in [5.74, 6) is -3.47. The summed E-state index contributed by atoms with van der Waals surface area (Å²) >= 11 is 0. The van der Waals surface area contributed by atoms with Gasteiger partial charge in [0.1, 0.15) is 6.10 Å². The first-order valence-electron chi connectivity index (χ1n) is 7.56. The van der Waals surface area contributed by atoms with Crippen molar-refractivity contribution in [3.8, 4) is 0 Å². The van der Waals surface area contributed by atoms with E-state index in [1.165, 1.54) is 0 Å². The van der Waals surface area contributed by atoms with Crippen LogP contribution < -0.4 is 11.5 Å². The highest BCUT2D eigenvalue weighted by Gasteiger charge is 2.47. The molecule has 23 heavy (non-hydrogen) atoms. The van der Waals surface area contributed by atoms with Gasteiger partial charge in [-0.25, -0.2) is 8.78 Å². The lowest BCUT2D eigenvalue weighted by Gasteiger charge is -2.31. The predicted molar refractivity (Wildman–Crippen MR) is 87.2 cm³/mol. The summed E-state index contributed by atoms with van der Waals surface area (Å²) in [6.07, 6.45) is -1.86. The van der Waals surface area contributed by atoms with Gasteiger partial charge in [-0.05, 0) is 24.0 Å². The SMILES string of the molecule is N[C@@H](Cc1ccccc1)[C@@H](O)C(F)(F)[C@@H](N)Cc1ccccc1. The number of aliphatic hydroxyl groups excluding tert-OH is 1. The minimum absolute atomic E-state index is 0.0248. The van der Waals surface area contributed by atoms with Crippen LogP contribution in [0.1, 0.15) is 11.1 Å². The lowest BCUT2D eigenvalue weighted by molar-refractivity contribution is -0.132. The Kier molecular flexibility index (Phi) is 5.82. The molecule has 0 unspecified atom stereocenters. The highest BCUT2D eigenvalue weighted by molar-refractivity contribution is 5.18. The van der Waals surface area contributed by atoms with Gasteiger partial charge in [0.15, 0.2) is 0 Å². The molecule has 3 nitrogen and oxygen atoms in total. The van der Waals surface area contributed by atoms with E-state index in [1.54, 1.807) is 54.6 Å². The smallest absolute Gasteiger partial charge is 0.289 e. The molecule has 0 bridgehead atoms. The van der Waals surface area contributed by atoms with Gasteiger partial charge < -0.3 is 16.6 Å². The van der Waals surface area contributed by atoms with Gasteiger partial charge in [-0.2, -0.15) is 0 Å². The molecular weight excluding hydrogens is 298 g/mol. The molecule has 124 valence electrons. The van der Waals surface area contributed by atoms with Crippen LogP contribution in [0.5, 0.6) is 0 Å². The van der Waals surface area contributed by atoms with Crippen molar-refractivity contribution < 1.29 is 13.9 Å². The van der Waals surface area contributed by atoms with Gasteiger partial charge in [0, 0.05) is 6.04 Å². The molecule has 0 fully saturated rings. The van der Waals surface area contributed by atoms with Crippen LogP contribution in [-0.2, 0) is 12.8 Å². The Labute approximate surface area is 134 Å². The maximum absolute atomic E-state index is 14.4. The quantitative estimate of drug-likeness (QED) is 0.732. The van der Waals surface area contributed by atoms with E-state index in [0.717, 1.165) is 5.56 Å². The standard InChI is InChI=1S/C18H22F2N2O/c19-18(20,16(22)12-14-9-5-2-6-10-14)17(23)15(21)11-13-7-3-1-4-8-13/h1-10,15-17,23H,11-12,21-22H2/t15-,16-,17+/m0/s1. The van der Waals surface area contributed by atoms with E-state index in [1.807, 2.05) is 6.07 Å². The van der Waals surface area contributed by atoms with Crippen molar-refractivity contribution in [3.05, 3.63) is 71.8 Å². The molecule has 5 heteroatoms. The first-order chi connectivity index (χ1) is 10.9. The maximum Gasteiger partial charge on any atom is 0.289 e. The third-order valence-electron chi connectivity index (χ3n) is 3.91. The molecule has 0 aromatic heterocycles. The third kappa shape index (κ3) is 4.58. The number of benzene rings is 2. The molecule has 0 spiro atoms. The Morgan fingerprint density at radius 1 is 0.826 bits per heavy atom. The second kappa shape index (κ2) is 7.64. The fourth-order valence-corrected chi connectivity index (χ4v) is 2.51. The van der Waals surface area contributed by atoms with E-state index >= 15 is 0 Å². The number of aliphatic hydroxyl groups is 1. The zero-order valence-electron chi connectivity index (χ0n) is 12.8. The number of hydrogen-bond acceptors (Lipinski definition) is 3. The Morgan fingerprint density at radius 3 is 1.74 bits per heavy atom. The van der Waals surface area contributed by atoms with Crippen LogP contribution in [0.3, 0.4) is 0 Å². The Hall–Kier alpha value is -1.82. The number of alkyl halides is 2. The van der Waals surface area contributed by atoms with Crippen LogP contribution in [0.15, 0.2) is 60.7 Å². The zero-order chi connectivity index (χ0) is 16.9. The average Bonchev–Trinajstić information content (AvgIpc) is 2.55. The van der Waals surface area contributed by atoms with Crippen LogP contribution >= 0.6 is 0 Å². The molecule has 3 atom stereocenters. The summed E-state index contributed by atoms with van der Waals surface area (Å²) in [4.78, 5) is 0. The number of hydrogen-bond donors (Lipinski definition) is 3. The molecule has 2 aromatic carbocycles.